The molecule has 0 aromatic rings. The fourth-order valence-electron chi connectivity index (χ4n) is 2.43. The average Bonchev–Trinajstić information content (AvgIpc) is 2.41. The van der Waals surface area contributed by atoms with Crippen molar-refractivity contribution in [3.8, 4) is 0 Å². The van der Waals surface area contributed by atoms with Gasteiger partial charge in [0.25, 0.3) is 6.43 Å². The first-order valence-corrected chi connectivity index (χ1v) is 6.88. The summed E-state index contributed by atoms with van der Waals surface area (Å²) >= 11 is 0. The van der Waals surface area contributed by atoms with Gasteiger partial charge in [-0.2, -0.15) is 0 Å². The van der Waals surface area contributed by atoms with Crippen LogP contribution in [0.2, 0.25) is 0 Å². The number of rotatable bonds is 8. The van der Waals surface area contributed by atoms with E-state index in [1.807, 2.05) is 0 Å². The van der Waals surface area contributed by atoms with Crippen LogP contribution in [0.4, 0.5) is 8.78 Å². The molecule has 2 N–H and O–H groups in total. The van der Waals surface area contributed by atoms with Crippen LogP contribution in [0.5, 0.6) is 0 Å². The molecule has 7 heteroatoms. The van der Waals surface area contributed by atoms with Gasteiger partial charge < -0.3 is 15.2 Å². The van der Waals surface area contributed by atoms with Crippen molar-refractivity contribution in [3.05, 3.63) is 0 Å². The molecule has 1 rings (SSSR count). The number of hydrogen-bond acceptors (Lipinski definition) is 3. The number of carbonyl (C=O) groups is 2. The topological polar surface area (TPSA) is 75.6 Å². The lowest BCUT2D eigenvalue weighted by Gasteiger charge is -2.28. The smallest absolute Gasteiger partial charge is 0.326 e. The van der Waals surface area contributed by atoms with Crippen LogP contribution in [-0.2, 0) is 14.3 Å². The Balaban J connectivity index is 2.33. The molecule has 1 aliphatic carbocycles. The number of amides is 1. The molecule has 0 aliphatic heterocycles. The molecule has 0 saturated heterocycles. The van der Waals surface area contributed by atoms with Gasteiger partial charge in [-0.25, -0.2) is 13.6 Å². The van der Waals surface area contributed by atoms with E-state index < -0.39 is 31.0 Å². The van der Waals surface area contributed by atoms with Crippen LogP contribution < -0.4 is 5.32 Å². The number of ether oxygens (including phenoxy) is 1. The fourth-order valence-corrected chi connectivity index (χ4v) is 2.43. The van der Waals surface area contributed by atoms with Gasteiger partial charge in [-0.3, -0.25) is 4.79 Å². The normalized spacial score (nSPS) is 17.9. The van der Waals surface area contributed by atoms with Crippen LogP contribution >= 0.6 is 0 Å². The maximum Gasteiger partial charge on any atom is 0.326 e. The zero-order chi connectivity index (χ0) is 15.0. The second-order valence-electron chi connectivity index (χ2n) is 5.00. The molecule has 1 unspecified atom stereocenters. The maximum absolute atomic E-state index is 11.8. The Morgan fingerprint density at radius 1 is 1.25 bits per heavy atom. The molecule has 1 amide bonds. The molecule has 0 bridgehead atoms. The zero-order valence-corrected chi connectivity index (χ0v) is 11.3. The highest BCUT2D eigenvalue weighted by Gasteiger charge is 2.30. The average molecular weight is 293 g/mol. The molecule has 0 spiro atoms. The highest BCUT2D eigenvalue weighted by atomic mass is 19.3. The molecule has 0 radical (unpaired) electrons. The number of carboxylic acids is 1. The first kappa shape index (κ1) is 16.8. The van der Waals surface area contributed by atoms with E-state index in [1.54, 1.807) is 0 Å². The van der Waals surface area contributed by atoms with Crippen LogP contribution in [0.3, 0.4) is 0 Å². The quantitative estimate of drug-likeness (QED) is 0.669. The Morgan fingerprint density at radius 2 is 1.90 bits per heavy atom. The Labute approximate surface area is 116 Å². The highest BCUT2D eigenvalue weighted by molar-refractivity contribution is 5.83. The van der Waals surface area contributed by atoms with E-state index in [1.165, 1.54) is 0 Å². The molecule has 116 valence electrons. The summed E-state index contributed by atoms with van der Waals surface area (Å²) in [6.07, 6.45) is 1.95. The first-order valence-electron chi connectivity index (χ1n) is 6.88. The predicted molar refractivity (Wildman–Crippen MR) is 67.6 cm³/mol. The molecule has 1 aliphatic rings. The minimum absolute atomic E-state index is 0.0489. The number of hydrogen-bond donors (Lipinski definition) is 2. The number of nitrogens with one attached hydrogen (secondary N) is 1. The van der Waals surface area contributed by atoms with Crippen molar-refractivity contribution in [2.45, 2.75) is 51.0 Å². The summed E-state index contributed by atoms with van der Waals surface area (Å²) in [7, 11) is 0. The van der Waals surface area contributed by atoms with Crippen LogP contribution in [0.1, 0.15) is 38.5 Å². The van der Waals surface area contributed by atoms with Gasteiger partial charge in [0, 0.05) is 6.42 Å². The molecular weight excluding hydrogens is 272 g/mol. The van der Waals surface area contributed by atoms with Gasteiger partial charge in [0.2, 0.25) is 5.91 Å². The molecule has 20 heavy (non-hydrogen) atoms. The molecule has 5 nitrogen and oxygen atoms in total. The molecule has 1 atom stereocenters. The number of carboxylic acid groups (broad SMARTS) is 1. The number of aliphatic carboxylic acids is 1. The van der Waals surface area contributed by atoms with Crippen molar-refractivity contribution >= 4 is 11.9 Å². The third-order valence-corrected chi connectivity index (χ3v) is 3.42. The highest BCUT2D eigenvalue weighted by Crippen LogP contribution is 2.26. The van der Waals surface area contributed by atoms with E-state index in [0.29, 0.717) is 0 Å². The van der Waals surface area contributed by atoms with Crippen molar-refractivity contribution in [1.82, 2.24) is 5.32 Å². The van der Waals surface area contributed by atoms with Crippen molar-refractivity contribution in [3.63, 3.8) is 0 Å². The van der Waals surface area contributed by atoms with E-state index >= 15 is 0 Å². The second kappa shape index (κ2) is 8.84. The summed E-state index contributed by atoms with van der Waals surface area (Å²) in [6.45, 7) is -0.842. The number of halogens is 2. The zero-order valence-electron chi connectivity index (χ0n) is 11.3. The van der Waals surface area contributed by atoms with Crippen LogP contribution in [0, 0.1) is 5.92 Å². The maximum atomic E-state index is 11.8. The molecule has 1 saturated carbocycles. The van der Waals surface area contributed by atoms with Crippen LogP contribution in [0.25, 0.3) is 0 Å². The van der Waals surface area contributed by atoms with E-state index in [-0.39, 0.29) is 18.9 Å². The second-order valence-corrected chi connectivity index (χ2v) is 5.00. The van der Waals surface area contributed by atoms with Gasteiger partial charge in [0.05, 0.1) is 6.61 Å². The van der Waals surface area contributed by atoms with Gasteiger partial charge >= 0.3 is 5.97 Å². The Hall–Kier alpha value is -1.24. The SMILES string of the molecule is O=C(CCOCC(F)F)NC(C(=O)O)C1CCCCC1. The van der Waals surface area contributed by atoms with Crippen molar-refractivity contribution in [2.75, 3.05) is 13.2 Å². The molecule has 0 aromatic heterocycles. The van der Waals surface area contributed by atoms with Gasteiger partial charge in [-0.1, -0.05) is 19.3 Å². The minimum Gasteiger partial charge on any atom is -0.480 e. The lowest BCUT2D eigenvalue weighted by atomic mass is 9.84. The van der Waals surface area contributed by atoms with Gasteiger partial charge in [-0.15, -0.1) is 0 Å². The van der Waals surface area contributed by atoms with Gasteiger partial charge in [0.1, 0.15) is 12.6 Å². The van der Waals surface area contributed by atoms with E-state index in [2.05, 4.69) is 10.1 Å². The molecule has 1 fully saturated rings. The monoisotopic (exact) mass is 293 g/mol. The summed E-state index contributed by atoms with van der Waals surface area (Å²) in [4.78, 5) is 22.8. The number of alkyl halides is 2. The molecular formula is C13H21F2NO4. The van der Waals surface area contributed by atoms with E-state index in [9.17, 15) is 23.5 Å². The predicted octanol–water partition coefficient (Wildman–Crippen LogP) is 1.81. The summed E-state index contributed by atoms with van der Waals surface area (Å²) in [6, 6.07) is -0.891. The minimum atomic E-state index is -2.56. The van der Waals surface area contributed by atoms with E-state index in [0.717, 1.165) is 32.1 Å². The van der Waals surface area contributed by atoms with Crippen molar-refractivity contribution in [2.24, 2.45) is 5.92 Å². The van der Waals surface area contributed by atoms with Crippen LogP contribution in [-0.4, -0.2) is 42.7 Å². The Bertz CT molecular complexity index is 319. The van der Waals surface area contributed by atoms with E-state index in [4.69, 9.17) is 0 Å². The summed E-state index contributed by atoms with van der Waals surface area (Å²) in [5.41, 5.74) is 0. The summed E-state index contributed by atoms with van der Waals surface area (Å²) in [5, 5.41) is 11.6. The van der Waals surface area contributed by atoms with Gasteiger partial charge in [-0.05, 0) is 18.8 Å². The lowest BCUT2D eigenvalue weighted by Crippen LogP contribution is -2.46. The summed E-state index contributed by atoms with van der Waals surface area (Å²) in [5.74, 6) is -1.57. The Morgan fingerprint density at radius 3 is 2.45 bits per heavy atom. The first-order chi connectivity index (χ1) is 9.50. The largest absolute Gasteiger partial charge is 0.480 e. The molecule has 0 heterocycles. The van der Waals surface area contributed by atoms with Crippen molar-refractivity contribution < 1.29 is 28.2 Å². The molecule has 0 aromatic carbocycles. The summed E-state index contributed by atoms with van der Waals surface area (Å²) < 4.78 is 28.2. The Kier molecular flexibility index (Phi) is 7.43. The third kappa shape index (κ3) is 6.27. The fraction of sp³-hybridized carbons (Fsp3) is 0.846. The van der Waals surface area contributed by atoms with Crippen molar-refractivity contribution in [1.29, 1.82) is 0 Å². The van der Waals surface area contributed by atoms with Crippen LogP contribution in [0.15, 0.2) is 0 Å². The third-order valence-electron chi connectivity index (χ3n) is 3.42. The standard InChI is InChI=1S/C13H21F2NO4/c14-10(15)8-20-7-6-11(17)16-12(13(18)19)9-4-2-1-3-5-9/h9-10,12H,1-8H2,(H,16,17)(H,18,19). The lowest BCUT2D eigenvalue weighted by molar-refractivity contribution is -0.144. The number of carbonyl (C=O) groups excluding carboxylic acids is 1. The van der Waals surface area contributed by atoms with Gasteiger partial charge in [0.15, 0.2) is 0 Å².